The second-order valence-electron chi connectivity index (χ2n) is 9.55. The van der Waals surface area contributed by atoms with Crippen molar-refractivity contribution in [2.75, 3.05) is 26.2 Å². The Morgan fingerprint density at radius 1 is 0.800 bits per heavy atom. The van der Waals surface area contributed by atoms with Crippen molar-refractivity contribution in [1.29, 1.82) is 0 Å². The molecule has 0 aromatic heterocycles. The number of rotatable bonds is 1. The van der Waals surface area contributed by atoms with E-state index in [2.05, 4.69) is 58.3 Å². The van der Waals surface area contributed by atoms with Crippen LogP contribution >= 0.6 is 0 Å². The minimum Gasteiger partial charge on any atom is -0.327 e. The van der Waals surface area contributed by atoms with Crippen molar-refractivity contribution in [3.05, 3.63) is 0 Å². The zero-order valence-corrected chi connectivity index (χ0v) is 17.0. The van der Waals surface area contributed by atoms with Crippen molar-refractivity contribution in [1.82, 2.24) is 9.80 Å². The van der Waals surface area contributed by atoms with Crippen LogP contribution in [0.15, 0.2) is 0 Å². The third-order valence-electron chi connectivity index (χ3n) is 5.45. The molecule has 0 amide bonds. The Labute approximate surface area is 160 Å². The standard InChI is InChI=1S/C11H23N.C9H20N2.2CH4/c1-5-10-7-6-8-12(9-10)11(2,3)4;1-9(2,3)11-6-4-5-8(10)7-11;;/h10H,5-9H2,1-4H3;8H,4-7,10H2,1-3H3;2*1H4/t10-;8-;;/m11../s1. The van der Waals surface area contributed by atoms with Gasteiger partial charge in [0.2, 0.25) is 0 Å². The van der Waals surface area contributed by atoms with Crippen molar-refractivity contribution in [2.24, 2.45) is 11.7 Å². The number of hydrogen-bond donors (Lipinski definition) is 1. The maximum atomic E-state index is 5.88. The molecule has 0 bridgehead atoms. The number of hydrogen-bond acceptors (Lipinski definition) is 3. The molecule has 2 fully saturated rings. The van der Waals surface area contributed by atoms with Gasteiger partial charge in [-0.2, -0.15) is 0 Å². The number of piperidine rings is 2. The van der Waals surface area contributed by atoms with Crippen LogP contribution in [0.2, 0.25) is 0 Å². The molecule has 2 saturated heterocycles. The minimum absolute atomic E-state index is 0. The molecule has 0 saturated carbocycles. The minimum atomic E-state index is 0. The lowest BCUT2D eigenvalue weighted by atomic mass is 9.92. The maximum absolute atomic E-state index is 5.88. The molecule has 3 heteroatoms. The summed E-state index contributed by atoms with van der Waals surface area (Å²) in [5, 5.41) is 0. The molecule has 0 aromatic rings. The summed E-state index contributed by atoms with van der Waals surface area (Å²) in [5.41, 5.74) is 6.57. The topological polar surface area (TPSA) is 32.5 Å². The summed E-state index contributed by atoms with van der Waals surface area (Å²) in [6, 6.07) is 0.406. The highest BCUT2D eigenvalue weighted by atomic mass is 15.2. The lowest BCUT2D eigenvalue weighted by molar-refractivity contribution is 0.0778. The Bertz CT molecular complexity index is 327. The monoisotopic (exact) mass is 357 g/mol. The molecule has 0 radical (unpaired) electrons. The second kappa shape index (κ2) is 11.6. The molecule has 2 aliphatic heterocycles. The predicted octanol–water partition coefficient (Wildman–Crippen LogP) is 5.39. The van der Waals surface area contributed by atoms with Gasteiger partial charge in [-0.3, -0.25) is 9.80 Å². The average molecular weight is 358 g/mol. The fourth-order valence-corrected chi connectivity index (χ4v) is 3.63. The molecule has 25 heavy (non-hydrogen) atoms. The van der Waals surface area contributed by atoms with Gasteiger partial charge >= 0.3 is 0 Å². The van der Waals surface area contributed by atoms with Gasteiger partial charge in [0, 0.05) is 30.2 Å². The molecular weight excluding hydrogens is 306 g/mol. The van der Waals surface area contributed by atoms with E-state index in [1.54, 1.807) is 0 Å². The molecule has 0 unspecified atom stereocenters. The molecular formula is C22H51N3. The quantitative estimate of drug-likeness (QED) is 0.683. The van der Waals surface area contributed by atoms with Gasteiger partial charge in [0.1, 0.15) is 0 Å². The van der Waals surface area contributed by atoms with Gasteiger partial charge in [-0.15, -0.1) is 0 Å². The fraction of sp³-hybridized carbons (Fsp3) is 1.00. The highest BCUT2D eigenvalue weighted by Gasteiger charge is 2.27. The molecule has 2 aliphatic rings. The number of likely N-dealkylation sites (tertiary alicyclic amines) is 2. The van der Waals surface area contributed by atoms with Crippen LogP contribution in [0, 0.1) is 5.92 Å². The van der Waals surface area contributed by atoms with E-state index in [-0.39, 0.29) is 14.9 Å². The Hall–Kier alpha value is -0.120. The number of nitrogens with two attached hydrogens (primary N) is 1. The van der Waals surface area contributed by atoms with Crippen LogP contribution in [-0.4, -0.2) is 53.1 Å². The summed E-state index contributed by atoms with van der Waals surface area (Å²) in [4.78, 5) is 5.10. The summed E-state index contributed by atoms with van der Waals surface area (Å²) < 4.78 is 0. The van der Waals surface area contributed by atoms with Crippen LogP contribution in [0.5, 0.6) is 0 Å². The summed E-state index contributed by atoms with van der Waals surface area (Å²) >= 11 is 0. The van der Waals surface area contributed by atoms with Crippen molar-refractivity contribution in [3.63, 3.8) is 0 Å². The molecule has 0 aliphatic carbocycles. The van der Waals surface area contributed by atoms with Gasteiger partial charge in [-0.1, -0.05) is 28.2 Å². The highest BCUT2D eigenvalue weighted by molar-refractivity contribution is 4.84. The van der Waals surface area contributed by atoms with Gasteiger partial charge in [0.25, 0.3) is 0 Å². The van der Waals surface area contributed by atoms with Crippen molar-refractivity contribution < 1.29 is 0 Å². The van der Waals surface area contributed by atoms with E-state index in [4.69, 9.17) is 5.73 Å². The smallest absolute Gasteiger partial charge is 0.0168 e. The Balaban J connectivity index is 0. The SMILES string of the molecule is C.C.CC(C)(C)N1CCC[C@@H](N)C1.CC[C@@H]1CCCN(C(C)(C)C)C1. The van der Waals surface area contributed by atoms with Gasteiger partial charge in [-0.25, -0.2) is 0 Å². The third-order valence-corrected chi connectivity index (χ3v) is 5.45. The van der Waals surface area contributed by atoms with Crippen LogP contribution in [0.3, 0.4) is 0 Å². The molecule has 2 heterocycles. The Morgan fingerprint density at radius 3 is 1.60 bits per heavy atom. The van der Waals surface area contributed by atoms with Crippen LogP contribution < -0.4 is 5.73 Å². The first kappa shape index (κ1) is 27.1. The van der Waals surface area contributed by atoms with Crippen LogP contribution in [0.1, 0.15) is 95.4 Å². The highest BCUT2D eigenvalue weighted by Crippen LogP contribution is 2.25. The normalized spacial score (nSPS) is 25.9. The molecule has 2 rings (SSSR count). The largest absolute Gasteiger partial charge is 0.327 e. The van der Waals surface area contributed by atoms with Gasteiger partial charge in [-0.05, 0) is 86.2 Å². The van der Waals surface area contributed by atoms with Gasteiger partial charge < -0.3 is 5.73 Å². The van der Waals surface area contributed by atoms with E-state index in [1.807, 2.05) is 0 Å². The van der Waals surface area contributed by atoms with Crippen molar-refractivity contribution in [3.8, 4) is 0 Å². The first-order valence-corrected chi connectivity index (χ1v) is 9.79. The summed E-state index contributed by atoms with van der Waals surface area (Å²) in [6.45, 7) is 21.0. The third kappa shape index (κ3) is 9.96. The lowest BCUT2D eigenvalue weighted by Gasteiger charge is -2.41. The Kier molecular flexibility index (Phi) is 12.5. The summed E-state index contributed by atoms with van der Waals surface area (Å²) in [7, 11) is 0. The van der Waals surface area contributed by atoms with E-state index >= 15 is 0 Å². The average Bonchev–Trinajstić information content (AvgIpc) is 2.46. The van der Waals surface area contributed by atoms with Crippen LogP contribution in [0.4, 0.5) is 0 Å². The maximum Gasteiger partial charge on any atom is 0.0168 e. The van der Waals surface area contributed by atoms with E-state index in [1.165, 1.54) is 51.7 Å². The zero-order chi connectivity index (χ0) is 17.7. The molecule has 0 spiro atoms. The molecule has 154 valence electrons. The van der Waals surface area contributed by atoms with E-state index in [0.717, 1.165) is 12.5 Å². The van der Waals surface area contributed by atoms with Crippen LogP contribution in [-0.2, 0) is 0 Å². The predicted molar refractivity (Wildman–Crippen MR) is 116 cm³/mol. The second-order valence-corrected chi connectivity index (χ2v) is 9.55. The fourth-order valence-electron chi connectivity index (χ4n) is 3.63. The first-order valence-electron chi connectivity index (χ1n) is 9.79. The van der Waals surface area contributed by atoms with Crippen molar-refractivity contribution >= 4 is 0 Å². The molecule has 2 N–H and O–H groups in total. The Morgan fingerprint density at radius 2 is 1.24 bits per heavy atom. The first-order chi connectivity index (χ1) is 10.5. The summed E-state index contributed by atoms with van der Waals surface area (Å²) in [6.07, 6.45) is 6.66. The molecule has 2 atom stereocenters. The van der Waals surface area contributed by atoms with Gasteiger partial charge in [0.05, 0.1) is 0 Å². The lowest BCUT2D eigenvalue weighted by Crippen LogP contribution is -2.51. The number of nitrogens with zero attached hydrogens (tertiary/aromatic N) is 2. The van der Waals surface area contributed by atoms with E-state index in [0.29, 0.717) is 17.1 Å². The van der Waals surface area contributed by atoms with E-state index in [9.17, 15) is 0 Å². The zero-order valence-electron chi connectivity index (χ0n) is 17.0. The molecule has 3 nitrogen and oxygen atoms in total. The van der Waals surface area contributed by atoms with Crippen LogP contribution in [0.25, 0.3) is 0 Å². The van der Waals surface area contributed by atoms with E-state index < -0.39 is 0 Å². The van der Waals surface area contributed by atoms with Crippen molar-refractivity contribution in [2.45, 2.75) is 113 Å². The summed E-state index contributed by atoms with van der Waals surface area (Å²) in [5.74, 6) is 0.956. The molecule has 0 aromatic carbocycles. The van der Waals surface area contributed by atoms with Gasteiger partial charge in [0.15, 0.2) is 0 Å².